The van der Waals surface area contributed by atoms with E-state index < -0.39 is 10.0 Å². The Morgan fingerprint density at radius 3 is 2.65 bits per heavy atom. The molecule has 2 aliphatic rings. The van der Waals surface area contributed by atoms with Gasteiger partial charge in [0, 0.05) is 19.2 Å². The molecule has 0 spiro atoms. The number of nitrogens with one attached hydrogen (secondary N) is 1. The first-order valence-electron chi connectivity index (χ1n) is 7.05. The standard InChI is InChI=1S/C14H20N2O3S/c1-2-19-13-4-3-5-14(6-13)20(17,18)16-9-11-7-15-8-12(11)10-16/h3-6,11-12,15H,2,7-10H2,1H3/t11-,12+. The number of ether oxygens (including phenoxy) is 1. The topological polar surface area (TPSA) is 58.6 Å². The summed E-state index contributed by atoms with van der Waals surface area (Å²) in [5, 5.41) is 3.32. The Bertz CT molecular complexity index is 576. The first-order valence-corrected chi connectivity index (χ1v) is 8.49. The van der Waals surface area contributed by atoms with E-state index in [4.69, 9.17) is 4.74 Å². The van der Waals surface area contributed by atoms with Gasteiger partial charge in [0.15, 0.2) is 0 Å². The number of fused-ring (bicyclic) bond motifs is 1. The van der Waals surface area contributed by atoms with Gasteiger partial charge in [0.2, 0.25) is 10.0 Å². The summed E-state index contributed by atoms with van der Waals surface area (Å²) in [7, 11) is -3.40. The summed E-state index contributed by atoms with van der Waals surface area (Å²) in [6, 6.07) is 6.77. The number of sulfonamides is 1. The normalized spacial score (nSPS) is 26.6. The first kappa shape index (κ1) is 13.9. The Kier molecular flexibility index (Phi) is 3.70. The van der Waals surface area contributed by atoms with Gasteiger partial charge >= 0.3 is 0 Å². The Labute approximate surface area is 120 Å². The second kappa shape index (κ2) is 5.35. The molecule has 0 amide bonds. The first-order chi connectivity index (χ1) is 9.61. The third-order valence-corrected chi connectivity index (χ3v) is 5.94. The molecule has 5 nitrogen and oxygen atoms in total. The van der Waals surface area contributed by atoms with Gasteiger partial charge < -0.3 is 10.1 Å². The highest BCUT2D eigenvalue weighted by molar-refractivity contribution is 7.89. The highest BCUT2D eigenvalue weighted by Gasteiger charge is 2.41. The Morgan fingerprint density at radius 1 is 1.30 bits per heavy atom. The van der Waals surface area contributed by atoms with Crippen molar-refractivity contribution in [3.8, 4) is 5.75 Å². The largest absolute Gasteiger partial charge is 0.494 e. The monoisotopic (exact) mass is 296 g/mol. The Hall–Kier alpha value is -1.11. The zero-order valence-corrected chi connectivity index (χ0v) is 12.4. The number of benzene rings is 1. The van der Waals surface area contributed by atoms with Crippen molar-refractivity contribution in [3.63, 3.8) is 0 Å². The molecule has 1 aromatic rings. The van der Waals surface area contributed by atoms with E-state index in [0.717, 1.165) is 13.1 Å². The summed E-state index contributed by atoms with van der Waals surface area (Å²) < 4.78 is 32.3. The molecule has 2 fully saturated rings. The third-order valence-electron chi connectivity index (χ3n) is 4.11. The SMILES string of the molecule is CCOc1cccc(S(=O)(=O)N2C[C@H]3CNC[C@H]3C2)c1. The predicted octanol–water partition coefficient (Wildman–Crippen LogP) is 0.925. The molecule has 2 aliphatic heterocycles. The zero-order valence-electron chi connectivity index (χ0n) is 11.6. The van der Waals surface area contributed by atoms with Gasteiger partial charge in [0.25, 0.3) is 0 Å². The summed E-state index contributed by atoms with van der Waals surface area (Å²) in [4.78, 5) is 0.330. The summed E-state index contributed by atoms with van der Waals surface area (Å²) in [6.07, 6.45) is 0. The van der Waals surface area contributed by atoms with Gasteiger partial charge in [0.1, 0.15) is 5.75 Å². The van der Waals surface area contributed by atoms with Crippen LogP contribution in [0.25, 0.3) is 0 Å². The maximum absolute atomic E-state index is 12.7. The number of nitrogens with zero attached hydrogens (tertiary/aromatic N) is 1. The van der Waals surface area contributed by atoms with Gasteiger partial charge in [-0.1, -0.05) is 6.07 Å². The van der Waals surface area contributed by atoms with Gasteiger partial charge in [-0.05, 0) is 44.0 Å². The molecular formula is C14H20N2O3S. The van der Waals surface area contributed by atoms with Crippen LogP contribution < -0.4 is 10.1 Å². The highest BCUT2D eigenvalue weighted by Crippen LogP contribution is 2.31. The van der Waals surface area contributed by atoms with Crippen molar-refractivity contribution in [3.05, 3.63) is 24.3 Å². The van der Waals surface area contributed by atoms with Crippen LogP contribution in [0.4, 0.5) is 0 Å². The molecule has 0 aliphatic carbocycles. The lowest BCUT2D eigenvalue weighted by Gasteiger charge is -2.18. The quantitative estimate of drug-likeness (QED) is 0.898. The van der Waals surface area contributed by atoms with Crippen LogP contribution in [0.1, 0.15) is 6.92 Å². The van der Waals surface area contributed by atoms with Crippen LogP contribution in [0.5, 0.6) is 5.75 Å². The fourth-order valence-corrected chi connectivity index (χ4v) is 4.64. The molecule has 0 saturated carbocycles. The molecule has 2 heterocycles. The van der Waals surface area contributed by atoms with Crippen molar-refractivity contribution in [2.45, 2.75) is 11.8 Å². The van der Waals surface area contributed by atoms with Crippen LogP contribution in [0.3, 0.4) is 0 Å². The van der Waals surface area contributed by atoms with E-state index in [-0.39, 0.29) is 0 Å². The molecule has 6 heteroatoms. The van der Waals surface area contributed by atoms with Crippen molar-refractivity contribution >= 4 is 10.0 Å². The maximum atomic E-state index is 12.7. The minimum absolute atomic E-state index is 0.330. The van der Waals surface area contributed by atoms with E-state index in [1.54, 1.807) is 28.6 Å². The number of hydrogen-bond donors (Lipinski definition) is 1. The molecule has 2 atom stereocenters. The van der Waals surface area contributed by atoms with Crippen molar-refractivity contribution in [1.82, 2.24) is 9.62 Å². The van der Waals surface area contributed by atoms with E-state index in [9.17, 15) is 8.42 Å². The lowest BCUT2D eigenvalue weighted by atomic mass is 10.0. The molecule has 0 aromatic heterocycles. The molecule has 2 saturated heterocycles. The molecule has 110 valence electrons. The minimum Gasteiger partial charge on any atom is -0.494 e. The second-order valence-electron chi connectivity index (χ2n) is 5.41. The maximum Gasteiger partial charge on any atom is 0.243 e. The molecular weight excluding hydrogens is 276 g/mol. The van der Waals surface area contributed by atoms with Gasteiger partial charge in [0.05, 0.1) is 11.5 Å². The van der Waals surface area contributed by atoms with E-state index in [0.29, 0.717) is 42.2 Å². The smallest absolute Gasteiger partial charge is 0.243 e. The Morgan fingerprint density at radius 2 is 2.00 bits per heavy atom. The van der Waals surface area contributed by atoms with Gasteiger partial charge in [-0.15, -0.1) is 0 Å². The Balaban J connectivity index is 1.83. The second-order valence-corrected chi connectivity index (χ2v) is 7.35. The minimum atomic E-state index is -3.40. The lowest BCUT2D eigenvalue weighted by Crippen LogP contribution is -2.31. The summed E-state index contributed by atoms with van der Waals surface area (Å²) in [5.74, 6) is 1.52. The predicted molar refractivity (Wildman–Crippen MR) is 76.2 cm³/mol. The third kappa shape index (κ3) is 2.43. The van der Waals surface area contributed by atoms with Crippen LogP contribution in [-0.2, 0) is 10.0 Å². The van der Waals surface area contributed by atoms with Crippen LogP contribution in [0, 0.1) is 11.8 Å². The summed E-state index contributed by atoms with van der Waals surface area (Å²) in [6.45, 7) is 5.52. The van der Waals surface area contributed by atoms with Gasteiger partial charge in [-0.2, -0.15) is 4.31 Å². The number of rotatable bonds is 4. The molecule has 0 unspecified atom stereocenters. The highest BCUT2D eigenvalue weighted by atomic mass is 32.2. The number of hydrogen-bond acceptors (Lipinski definition) is 4. The van der Waals surface area contributed by atoms with E-state index >= 15 is 0 Å². The molecule has 1 N–H and O–H groups in total. The molecule has 0 radical (unpaired) electrons. The molecule has 20 heavy (non-hydrogen) atoms. The van der Waals surface area contributed by atoms with Crippen LogP contribution in [0.2, 0.25) is 0 Å². The summed E-state index contributed by atoms with van der Waals surface area (Å²) >= 11 is 0. The fraction of sp³-hybridized carbons (Fsp3) is 0.571. The summed E-state index contributed by atoms with van der Waals surface area (Å²) in [5.41, 5.74) is 0. The van der Waals surface area contributed by atoms with E-state index in [1.165, 1.54) is 0 Å². The van der Waals surface area contributed by atoms with Crippen LogP contribution in [-0.4, -0.2) is 45.5 Å². The van der Waals surface area contributed by atoms with Crippen molar-refractivity contribution in [2.75, 3.05) is 32.8 Å². The van der Waals surface area contributed by atoms with E-state index in [2.05, 4.69) is 5.32 Å². The van der Waals surface area contributed by atoms with Crippen molar-refractivity contribution in [1.29, 1.82) is 0 Å². The molecule has 0 bridgehead atoms. The van der Waals surface area contributed by atoms with Crippen molar-refractivity contribution in [2.24, 2.45) is 11.8 Å². The van der Waals surface area contributed by atoms with Crippen LogP contribution in [0.15, 0.2) is 29.2 Å². The zero-order chi connectivity index (χ0) is 14.2. The van der Waals surface area contributed by atoms with Gasteiger partial charge in [-0.25, -0.2) is 8.42 Å². The van der Waals surface area contributed by atoms with Gasteiger partial charge in [-0.3, -0.25) is 0 Å². The average molecular weight is 296 g/mol. The lowest BCUT2D eigenvalue weighted by molar-refractivity contribution is 0.339. The molecule has 1 aromatic carbocycles. The van der Waals surface area contributed by atoms with E-state index in [1.807, 2.05) is 6.92 Å². The van der Waals surface area contributed by atoms with Crippen molar-refractivity contribution < 1.29 is 13.2 Å². The fourth-order valence-electron chi connectivity index (χ4n) is 3.05. The van der Waals surface area contributed by atoms with Crippen LogP contribution >= 0.6 is 0 Å². The average Bonchev–Trinajstić information content (AvgIpc) is 3.00. The molecule has 3 rings (SSSR count).